The van der Waals surface area contributed by atoms with Crippen molar-refractivity contribution in [3.8, 4) is 6.07 Å². The van der Waals surface area contributed by atoms with E-state index in [1.54, 1.807) is 24.3 Å². The lowest BCUT2D eigenvalue weighted by molar-refractivity contribution is -0.161. The highest BCUT2D eigenvalue weighted by molar-refractivity contribution is 7.92. The molecule has 0 bridgehead atoms. The number of anilines is 1. The number of aliphatic hydroxyl groups excluding tert-OH is 1. The van der Waals surface area contributed by atoms with E-state index in [0.29, 0.717) is 30.5 Å². The van der Waals surface area contributed by atoms with Gasteiger partial charge in [0.05, 0.1) is 22.1 Å². The van der Waals surface area contributed by atoms with Gasteiger partial charge in [-0.3, -0.25) is 4.72 Å². The molecule has 7 nitrogen and oxygen atoms in total. The summed E-state index contributed by atoms with van der Waals surface area (Å²) in [5.74, 6) is -0.911. The summed E-state index contributed by atoms with van der Waals surface area (Å²) < 4.78 is 34.2. The standard InChI is InChI=1S/C27H32N2O5S/c1-4-13-27(14-5-2)17-24(30)25(26(31)34-27)23(6-3)20-10-8-11-21(16-20)29-35(32,33)22-12-7-9-19(15-22)18-28/h7-12,15-16,23,29-30H,4-6,13-14,17H2,1-3H3. The molecule has 0 fully saturated rings. The van der Waals surface area contributed by atoms with Crippen molar-refractivity contribution in [3.05, 3.63) is 71.0 Å². The summed E-state index contributed by atoms with van der Waals surface area (Å²) in [6.45, 7) is 5.96. The van der Waals surface area contributed by atoms with Crippen molar-refractivity contribution in [3.63, 3.8) is 0 Å². The number of cyclic esters (lactones) is 1. The molecule has 186 valence electrons. The number of nitriles is 1. The zero-order valence-electron chi connectivity index (χ0n) is 20.4. The monoisotopic (exact) mass is 496 g/mol. The molecule has 0 aromatic heterocycles. The lowest BCUT2D eigenvalue weighted by atomic mass is 9.80. The van der Waals surface area contributed by atoms with E-state index >= 15 is 0 Å². The lowest BCUT2D eigenvalue weighted by Gasteiger charge is -2.38. The molecule has 35 heavy (non-hydrogen) atoms. The molecule has 3 rings (SSSR count). The van der Waals surface area contributed by atoms with Crippen LogP contribution >= 0.6 is 0 Å². The maximum Gasteiger partial charge on any atom is 0.338 e. The Kier molecular flexibility index (Phi) is 8.23. The van der Waals surface area contributed by atoms with E-state index in [2.05, 4.69) is 4.72 Å². The van der Waals surface area contributed by atoms with Crippen LogP contribution < -0.4 is 4.72 Å². The van der Waals surface area contributed by atoms with E-state index in [1.165, 1.54) is 24.3 Å². The second-order valence-corrected chi connectivity index (χ2v) is 10.6. The van der Waals surface area contributed by atoms with Crippen molar-refractivity contribution in [2.24, 2.45) is 0 Å². The second-order valence-electron chi connectivity index (χ2n) is 8.94. The van der Waals surface area contributed by atoms with Gasteiger partial charge < -0.3 is 9.84 Å². The van der Waals surface area contributed by atoms with Crippen molar-refractivity contribution in [2.75, 3.05) is 4.72 Å². The predicted octanol–water partition coefficient (Wildman–Crippen LogP) is 5.95. The van der Waals surface area contributed by atoms with E-state index < -0.39 is 27.5 Å². The summed E-state index contributed by atoms with van der Waals surface area (Å²) in [4.78, 5) is 13.1. The molecule has 2 N–H and O–H groups in total. The summed E-state index contributed by atoms with van der Waals surface area (Å²) in [5, 5.41) is 20.1. The smallest absolute Gasteiger partial charge is 0.338 e. The van der Waals surface area contributed by atoms with E-state index in [4.69, 9.17) is 10.00 Å². The molecule has 0 radical (unpaired) electrons. The van der Waals surface area contributed by atoms with Gasteiger partial charge in [0.1, 0.15) is 11.4 Å². The molecule has 1 aliphatic rings. The first-order valence-corrected chi connectivity index (χ1v) is 13.4. The van der Waals surface area contributed by atoms with Gasteiger partial charge in [0, 0.05) is 18.0 Å². The van der Waals surface area contributed by atoms with Crippen LogP contribution in [0.15, 0.2) is 64.8 Å². The van der Waals surface area contributed by atoms with Crippen molar-refractivity contribution in [2.45, 2.75) is 75.7 Å². The van der Waals surface area contributed by atoms with Crippen molar-refractivity contribution >= 4 is 21.7 Å². The molecule has 0 saturated carbocycles. The Morgan fingerprint density at radius 1 is 1.11 bits per heavy atom. The Bertz CT molecular complexity index is 1250. The highest BCUT2D eigenvalue weighted by Crippen LogP contribution is 2.42. The van der Waals surface area contributed by atoms with Crippen LogP contribution in [-0.2, 0) is 19.6 Å². The number of nitrogens with one attached hydrogen (secondary N) is 1. The molecule has 2 aromatic rings. The number of nitrogens with zero attached hydrogens (tertiary/aromatic N) is 1. The van der Waals surface area contributed by atoms with E-state index in [-0.39, 0.29) is 28.2 Å². The number of benzene rings is 2. The molecule has 1 atom stereocenters. The van der Waals surface area contributed by atoms with Crippen LogP contribution in [0.3, 0.4) is 0 Å². The number of hydrogen-bond acceptors (Lipinski definition) is 6. The molecule has 0 aliphatic carbocycles. The number of ether oxygens (including phenoxy) is 1. The van der Waals surface area contributed by atoms with Gasteiger partial charge in [-0.2, -0.15) is 5.26 Å². The van der Waals surface area contributed by atoms with E-state index in [0.717, 1.165) is 12.8 Å². The minimum Gasteiger partial charge on any atom is -0.512 e. The summed E-state index contributed by atoms with van der Waals surface area (Å²) in [6.07, 6.45) is 3.85. The van der Waals surface area contributed by atoms with Crippen LogP contribution in [0.4, 0.5) is 5.69 Å². The number of aliphatic hydroxyl groups is 1. The summed E-state index contributed by atoms with van der Waals surface area (Å²) in [6, 6.07) is 14.5. The molecule has 0 amide bonds. The Morgan fingerprint density at radius 3 is 2.40 bits per heavy atom. The topological polar surface area (TPSA) is 116 Å². The van der Waals surface area contributed by atoms with Gasteiger partial charge >= 0.3 is 5.97 Å². The Balaban J connectivity index is 1.92. The second kappa shape index (κ2) is 11.0. The van der Waals surface area contributed by atoms with Crippen molar-refractivity contribution in [1.29, 1.82) is 5.26 Å². The number of carbonyl (C=O) groups is 1. The van der Waals surface area contributed by atoms with Gasteiger partial charge in [-0.25, -0.2) is 13.2 Å². The van der Waals surface area contributed by atoms with Gasteiger partial charge in [0.25, 0.3) is 10.0 Å². The molecular weight excluding hydrogens is 464 g/mol. The minimum atomic E-state index is -3.92. The summed E-state index contributed by atoms with van der Waals surface area (Å²) in [5.41, 5.74) is 0.807. The zero-order chi connectivity index (χ0) is 25.6. The zero-order valence-corrected chi connectivity index (χ0v) is 21.2. The predicted molar refractivity (Wildman–Crippen MR) is 134 cm³/mol. The van der Waals surface area contributed by atoms with Crippen molar-refractivity contribution in [1.82, 2.24) is 0 Å². The number of sulfonamides is 1. The molecule has 1 aliphatic heterocycles. The average molecular weight is 497 g/mol. The molecule has 0 spiro atoms. The van der Waals surface area contributed by atoms with Crippen LogP contribution in [0.2, 0.25) is 0 Å². The lowest BCUT2D eigenvalue weighted by Crippen LogP contribution is -2.41. The number of esters is 1. The SMILES string of the molecule is CCCC1(CCC)CC(O)=C(C(CC)c2cccc(NS(=O)(=O)c3cccc(C#N)c3)c2)C(=O)O1. The fourth-order valence-electron chi connectivity index (χ4n) is 4.84. The number of rotatable bonds is 10. The Labute approximate surface area is 207 Å². The summed E-state index contributed by atoms with van der Waals surface area (Å²) in [7, 11) is -3.92. The van der Waals surface area contributed by atoms with Gasteiger partial charge in [-0.1, -0.05) is 51.8 Å². The molecule has 0 saturated heterocycles. The number of carbonyl (C=O) groups excluding carboxylic acids is 1. The van der Waals surface area contributed by atoms with Crippen LogP contribution in [-0.4, -0.2) is 25.1 Å². The van der Waals surface area contributed by atoms with Gasteiger partial charge in [0.15, 0.2) is 0 Å². The Morgan fingerprint density at radius 2 is 1.80 bits per heavy atom. The normalized spacial score (nSPS) is 16.3. The third-order valence-corrected chi connectivity index (χ3v) is 7.69. The Hall–Kier alpha value is -3.31. The quantitative estimate of drug-likeness (QED) is 0.393. The third kappa shape index (κ3) is 5.85. The van der Waals surface area contributed by atoms with E-state index in [1.807, 2.05) is 26.8 Å². The summed E-state index contributed by atoms with van der Waals surface area (Å²) >= 11 is 0. The first-order chi connectivity index (χ1) is 16.7. The van der Waals surface area contributed by atoms with Gasteiger partial charge in [-0.15, -0.1) is 0 Å². The highest BCUT2D eigenvalue weighted by Gasteiger charge is 2.42. The van der Waals surface area contributed by atoms with Crippen LogP contribution in [0.1, 0.15) is 76.3 Å². The maximum absolute atomic E-state index is 13.1. The van der Waals surface area contributed by atoms with Gasteiger partial charge in [0.2, 0.25) is 0 Å². The average Bonchev–Trinajstić information content (AvgIpc) is 2.81. The first-order valence-electron chi connectivity index (χ1n) is 12.0. The van der Waals surface area contributed by atoms with Crippen molar-refractivity contribution < 1.29 is 23.1 Å². The van der Waals surface area contributed by atoms with Crippen LogP contribution in [0.25, 0.3) is 0 Å². The largest absolute Gasteiger partial charge is 0.512 e. The molecular formula is C27H32N2O5S. The first kappa shape index (κ1) is 26.3. The van der Waals surface area contributed by atoms with Gasteiger partial charge in [-0.05, 0) is 55.2 Å². The highest BCUT2D eigenvalue weighted by atomic mass is 32.2. The maximum atomic E-state index is 13.1. The number of hydrogen-bond donors (Lipinski definition) is 2. The molecule has 2 aromatic carbocycles. The van der Waals surface area contributed by atoms with Crippen LogP contribution in [0.5, 0.6) is 0 Å². The van der Waals surface area contributed by atoms with E-state index in [9.17, 15) is 18.3 Å². The molecule has 1 unspecified atom stereocenters. The molecule has 1 heterocycles. The fourth-order valence-corrected chi connectivity index (χ4v) is 5.93. The minimum absolute atomic E-state index is 0.0200. The molecule has 8 heteroatoms. The van der Waals surface area contributed by atoms with Crippen LogP contribution in [0, 0.1) is 11.3 Å². The third-order valence-electron chi connectivity index (χ3n) is 6.31. The fraction of sp³-hybridized carbons (Fsp3) is 0.407.